The van der Waals surface area contributed by atoms with Gasteiger partial charge in [0.15, 0.2) is 0 Å². The molecule has 2 heterocycles. The van der Waals surface area contributed by atoms with Gasteiger partial charge < -0.3 is 20.5 Å². The molecule has 0 unspecified atom stereocenters. The fraction of sp³-hybridized carbons (Fsp3) is 0.250. The van der Waals surface area contributed by atoms with Gasteiger partial charge in [0.05, 0.1) is 30.0 Å². The summed E-state index contributed by atoms with van der Waals surface area (Å²) in [7, 11) is 0. The van der Waals surface area contributed by atoms with Crippen LogP contribution in [0.25, 0.3) is 22.2 Å². The van der Waals surface area contributed by atoms with E-state index in [1.165, 1.54) is 6.08 Å². The van der Waals surface area contributed by atoms with E-state index < -0.39 is 0 Å². The molecule has 0 radical (unpaired) electrons. The molecule has 2 aromatic carbocycles. The van der Waals surface area contributed by atoms with Crippen molar-refractivity contribution in [3.63, 3.8) is 0 Å². The molecule has 1 amide bonds. The molecule has 1 fully saturated rings. The van der Waals surface area contributed by atoms with Gasteiger partial charge in [-0.2, -0.15) is 0 Å². The number of hydrogen-bond acceptors (Lipinski definition) is 8. The Labute approximate surface area is 205 Å². The number of halogens is 1. The van der Waals surface area contributed by atoms with Crippen LogP contribution in [0.3, 0.4) is 0 Å². The molecule has 0 saturated carbocycles. The number of nitrogens with two attached hydrogens (primary N) is 1. The summed E-state index contributed by atoms with van der Waals surface area (Å²) in [5, 5.41) is 3.52. The number of nitrogens with one attached hydrogen (secondary N) is 1. The van der Waals surface area contributed by atoms with Crippen molar-refractivity contribution in [3.05, 3.63) is 53.5 Å². The monoisotopic (exact) mass is 525 g/mol. The summed E-state index contributed by atoms with van der Waals surface area (Å²) >= 11 is 3.49. The van der Waals surface area contributed by atoms with E-state index in [2.05, 4.69) is 37.8 Å². The smallest absolute Gasteiger partial charge is 0.320 e. The summed E-state index contributed by atoms with van der Waals surface area (Å²) in [6, 6.07) is 11.2. The van der Waals surface area contributed by atoms with Crippen molar-refractivity contribution in [3.8, 4) is 17.0 Å². The minimum Gasteiger partial charge on any atom is -0.491 e. The Morgan fingerprint density at radius 2 is 2.18 bits per heavy atom. The topological polar surface area (TPSA) is 120 Å². The zero-order chi connectivity index (χ0) is 24.1. The molecular weight excluding hydrogens is 502 g/mol. The van der Waals surface area contributed by atoms with Crippen LogP contribution in [0, 0.1) is 0 Å². The van der Waals surface area contributed by atoms with E-state index >= 15 is 0 Å². The van der Waals surface area contributed by atoms with Gasteiger partial charge in [0.25, 0.3) is 0 Å². The van der Waals surface area contributed by atoms with E-state index in [0.717, 1.165) is 10.0 Å². The molecule has 0 aliphatic carbocycles. The summed E-state index contributed by atoms with van der Waals surface area (Å²) in [4.78, 5) is 34.4. The van der Waals surface area contributed by atoms with Crippen LogP contribution in [0.2, 0.25) is 0 Å². The molecule has 4 rings (SSSR count). The van der Waals surface area contributed by atoms with Crippen molar-refractivity contribution in [1.29, 1.82) is 0 Å². The number of morpholine rings is 1. The highest BCUT2D eigenvalue weighted by molar-refractivity contribution is 9.10. The maximum absolute atomic E-state index is 12.1. The summed E-state index contributed by atoms with van der Waals surface area (Å²) in [5.41, 5.74) is 8.56. The predicted octanol–water partition coefficient (Wildman–Crippen LogP) is 3.39. The van der Waals surface area contributed by atoms with Crippen LogP contribution in [0.15, 0.2) is 53.5 Å². The van der Waals surface area contributed by atoms with Gasteiger partial charge in [-0.1, -0.05) is 34.6 Å². The minimum absolute atomic E-state index is 0.133. The standard InChI is InChI=1S/C24H24BrN5O4/c1-2-21(31)27-19-12-17-18(28-24(26)29-23(17)15-5-3-6-16(25)11-15)13-20(19)33-9-4-7-30-8-10-34-22(32)14-30/h2-3,5-6,11-13H,1,4,7-10,14H2,(H,27,31)(H2,26,28,29). The number of hydrogen-bond donors (Lipinski definition) is 2. The van der Waals surface area contributed by atoms with E-state index in [4.69, 9.17) is 15.2 Å². The first kappa shape index (κ1) is 23.7. The Bertz CT molecular complexity index is 1250. The lowest BCUT2D eigenvalue weighted by atomic mass is 10.1. The van der Waals surface area contributed by atoms with E-state index in [0.29, 0.717) is 60.8 Å². The number of carbonyl (C=O) groups excluding carboxylic acids is 2. The first-order chi connectivity index (χ1) is 16.4. The SMILES string of the molecule is C=CC(=O)Nc1cc2c(-c3cccc(Br)c3)nc(N)nc2cc1OCCCN1CCOC(=O)C1. The molecule has 9 nitrogen and oxygen atoms in total. The number of amides is 1. The molecular formula is C24H24BrN5O4. The van der Waals surface area contributed by atoms with E-state index in [9.17, 15) is 9.59 Å². The molecule has 0 atom stereocenters. The Morgan fingerprint density at radius 1 is 1.32 bits per heavy atom. The number of carbonyl (C=O) groups is 2. The minimum atomic E-state index is -0.364. The molecule has 0 spiro atoms. The number of cyclic esters (lactones) is 1. The van der Waals surface area contributed by atoms with E-state index in [1.54, 1.807) is 12.1 Å². The van der Waals surface area contributed by atoms with Gasteiger partial charge in [0, 0.05) is 34.6 Å². The highest BCUT2D eigenvalue weighted by Crippen LogP contribution is 2.35. The average Bonchev–Trinajstić information content (AvgIpc) is 2.81. The number of nitrogen functional groups attached to an aromatic ring is 1. The van der Waals surface area contributed by atoms with Gasteiger partial charge in [0.2, 0.25) is 11.9 Å². The number of aromatic nitrogens is 2. The van der Waals surface area contributed by atoms with Crippen LogP contribution in [-0.2, 0) is 14.3 Å². The van der Waals surface area contributed by atoms with Gasteiger partial charge >= 0.3 is 5.97 Å². The number of nitrogens with zero attached hydrogens (tertiary/aromatic N) is 3. The van der Waals surface area contributed by atoms with Crippen molar-refractivity contribution < 1.29 is 19.1 Å². The fourth-order valence-electron chi connectivity index (χ4n) is 3.69. The second kappa shape index (κ2) is 10.6. The molecule has 34 heavy (non-hydrogen) atoms. The lowest BCUT2D eigenvalue weighted by Gasteiger charge is -2.25. The molecule has 1 saturated heterocycles. The van der Waals surface area contributed by atoms with Gasteiger partial charge in [-0.05, 0) is 30.7 Å². The van der Waals surface area contributed by atoms with Crippen molar-refractivity contribution >= 4 is 50.3 Å². The number of anilines is 2. The second-order valence-electron chi connectivity index (χ2n) is 7.70. The Hall–Kier alpha value is -3.50. The van der Waals surface area contributed by atoms with Gasteiger partial charge in [-0.15, -0.1) is 0 Å². The first-order valence-electron chi connectivity index (χ1n) is 10.7. The zero-order valence-electron chi connectivity index (χ0n) is 18.4. The molecule has 3 aromatic rings. The van der Waals surface area contributed by atoms with Gasteiger partial charge in [-0.3, -0.25) is 14.5 Å². The number of benzene rings is 2. The molecule has 3 N–H and O–H groups in total. The third-order valence-corrected chi connectivity index (χ3v) is 5.75. The van der Waals surface area contributed by atoms with Crippen molar-refractivity contribution in [1.82, 2.24) is 14.9 Å². The van der Waals surface area contributed by atoms with Crippen LogP contribution < -0.4 is 15.8 Å². The fourth-order valence-corrected chi connectivity index (χ4v) is 4.09. The Kier molecular flexibility index (Phi) is 7.39. The molecule has 0 bridgehead atoms. The highest BCUT2D eigenvalue weighted by atomic mass is 79.9. The third kappa shape index (κ3) is 5.70. The van der Waals surface area contributed by atoms with Crippen molar-refractivity contribution in [2.75, 3.05) is 43.9 Å². The summed E-state index contributed by atoms with van der Waals surface area (Å²) in [6.45, 7) is 6.00. The van der Waals surface area contributed by atoms with Gasteiger partial charge in [-0.25, -0.2) is 9.97 Å². The number of esters is 1. The normalized spacial score (nSPS) is 14.0. The van der Waals surface area contributed by atoms with Crippen molar-refractivity contribution in [2.24, 2.45) is 0 Å². The first-order valence-corrected chi connectivity index (χ1v) is 11.5. The van der Waals surface area contributed by atoms with Crippen molar-refractivity contribution in [2.45, 2.75) is 6.42 Å². The van der Waals surface area contributed by atoms with Crippen LogP contribution in [0.1, 0.15) is 6.42 Å². The average molecular weight is 526 g/mol. The summed E-state index contributed by atoms with van der Waals surface area (Å²) < 4.78 is 11.9. The Balaban J connectivity index is 1.62. The lowest BCUT2D eigenvalue weighted by Crippen LogP contribution is -2.40. The van der Waals surface area contributed by atoms with E-state index in [-0.39, 0.29) is 24.4 Å². The second-order valence-corrected chi connectivity index (χ2v) is 8.61. The quantitative estimate of drug-likeness (QED) is 0.261. The maximum atomic E-state index is 12.1. The van der Waals surface area contributed by atoms with Crippen LogP contribution in [0.4, 0.5) is 11.6 Å². The predicted molar refractivity (Wildman–Crippen MR) is 133 cm³/mol. The Morgan fingerprint density at radius 3 is 2.94 bits per heavy atom. The molecule has 1 aromatic heterocycles. The third-order valence-electron chi connectivity index (χ3n) is 5.26. The number of fused-ring (bicyclic) bond motifs is 1. The number of ether oxygens (including phenoxy) is 2. The zero-order valence-corrected chi connectivity index (χ0v) is 20.0. The van der Waals surface area contributed by atoms with Crippen LogP contribution in [-0.4, -0.2) is 59.6 Å². The molecule has 176 valence electrons. The highest BCUT2D eigenvalue weighted by Gasteiger charge is 2.18. The van der Waals surface area contributed by atoms with Crippen LogP contribution in [0.5, 0.6) is 5.75 Å². The maximum Gasteiger partial charge on any atom is 0.320 e. The van der Waals surface area contributed by atoms with Crippen LogP contribution >= 0.6 is 15.9 Å². The molecule has 10 heteroatoms. The van der Waals surface area contributed by atoms with Gasteiger partial charge in [0.1, 0.15) is 12.4 Å². The van der Waals surface area contributed by atoms with E-state index in [1.807, 2.05) is 29.2 Å². The molecule has 1 aliphatic heterocycles. The lowest BCUT2D eigenvalue weighted by molar-refractivity contribution is -0.150. The molecule has 1 aliphatic rings. The summed E-state index contributed by atoms with van der Waals surface area (Å²) in [6.07, 6.45) is 1.88. The number of rotatable bonds is 8. The summed E-state index contributed by atoms with van der Waals surface area (Å²) in [5.74, 6) is 0.0124. The largest absolute Gasteiger partial charge is 0.491 e.